The largest absolute Gasteiger partial charge is 0.507 e. The van der Waals surface area contributed by atoms with Gasteiger partial charge in [0.15, 0.2) is 0 Å². The van der Waals surface area contributed by atoms with Crippen LogP contribution >= 0.6 is 0 Å². The summed E-state index contributed by atoms with van der Waals surface area (Å²) in [5.41, 5.74) is 1.79. The van der Waals surface area contributed by atoms with Gasteiger partial charge in [-0.25, -0.2) is 4.79 Å². The van der Waals surface area contributed by atoms with Crippen LogP contribution in [-0.4, -0.2) is 58.8 Å². The molecule has 3 amide bonds. The van der Waals surface area contributed by atoms with Crippen molar-refractivity contribution in [1.82, 2.24) is 15.5 Å². The van der Waals surface area contributed by atoms with E-state index in [4.69, 9.17) is 9.73 Å². The van der Waals surface area contributed by atoms with E-state index in [1.807, 2.05) is 58.6 Å². The zero-order valence-corrected chi connectivity index (χ0v) is 31.3. The van der Waals surface area contributed by atoms with Crippen LogP contribution in [0.4, 0.5) is 4.79 Å². The number of hydrogen-bond acceptors (Lipinski definition) is 6. The Morgan fingerprint density at radius 1 is 0.959 bits per heavy atom. The first-order chi connectivity index (χ1) is 22.8. The fourth-order valence-electron chi connectivity index (χ4n) is 6.72. The zero-order chi connectivity index (χ0) is 36.3. The van der Waals surface area contributed by atoms with Crippen LogP contribution in [0.15, 0.2) is 41.4 Å². The number of urea groups is 1. The van der Waals surface area contributed by atoms with Gasteiger partial charge in [-0.15, -0.1) is 0 Å². The van der Waals surface area contributed by atoms with E-state index < -0.39 is 22.3 Å². The van der Waals surface area contributed by atoms with Crippen LogP contribution in [0.2, 0.25) is 0 Å². The smallest absolute Gasteiger partial charge is 0.316 e. The first-order valence-electron chi connectivity index (χ1n) is 17.8. The second kappa shape index (κ2) is 14.9. The van der Waals surface area contributed by atoms with Crippen molar-refractivity contribution in [3.05, 3.63) is 58.7 Å². The summed E-state index contributed by atoms with van der Waals surface area (Å²) in [5.74, 6) is -0.000533. The van der Waals surface area contributed by atoms with E-state index in [1.54, 1.807) is 39.1 Å². The third kappa shape index (κ3) is 9.43. The van der Waals surface area contributed by atoms with Crippen molar-refractivity contribution in [2.75, 3.05) is 6.54 Å². The minimum absolute atomic E-state index is 0.00817. The molecule has 9 nitrogen and oxygen atoms in total. The molecule has 2 fully saturated rings. The van der Waals surface area contributed by atoms with E-state index in [9.17, 15) is 19.5 Å². The second-order valence-corrected chi connectivity index (χ2v) is 17.0. The first-order valence-corrected chi connectivity index (χ1v) is 17.8. The van der Waals surface area contributed by atoms with E-state index >= 15 is 0 Å². The van der Waals surface area contributed by atoms with Gasteiger partial charge in [-0.2, -0.15) is 0 Å². The summed E-state index contributed by atoms with van der Waals surface area (Å²) in [4.78, 5) is 47.3. The van der Waals surface area contributed by atoms with Gasteiger partial charge in [-0.1, -0.05) is 78.6 Å². The fourth-order valence-corrected chi connectivity index (χ4v) is 6.72. The number of ether oxygens (including phenoxy) is 1. The van der Waals surface area contributed by atoms with E-state index in [2.05, 4.69) is 29.7 Å². The minimum Gasteiger partial charge on any atom is -0.507 e. The van der Waals surface area contributed by atoms with Gasteiger partial charge in [0.05, 0.1) is 23.5 Å². The van der Waals surface area contributed by atoms with Crippen molar-refractivity contribution in [1.29, 1.82) is 0 Å². The van der Waals surface area contributed by atoms with Gasteiger partial charge >= 0.3 is 12.0 Å². The minimum atomic E-state index is -0.714. The zero-order valence-electron chi connectivity index (χ0n) is 31.3. The maximum Gasteiger partial charge on any atom is 0.316 e. The highest BCUT2D eigenvalue weighted by molar-refractivity contribution is 5.89. The summed E-state index contributed by atoms with van der Waals surface area (Å²) >= 11 is 0. The summed E-state index contributed by atoms with van der Waals surface area (Å²) in [6.07, 6.45) is 6.86. The number of rotatable bonds is 7. The van der Waals surface area contributed by atoms with E-state index in [1.165, 1.54) is 0 Å². The maximum absolute atomic E-state index is 14.1. The number of hydrogen-bond donors (Lipinski definition) is 3. The third-order valence-corrected chi connectivity index (χ3v) is 9.67. The highest BCUT2D eigenvalue weighted by atomic mass is 16.5. The van der Waals surface area contributed by atoms with Crippen LogP contribution < -0.4 is 15.4 Å². The van der Waals surface area contributed by atoms with Gasteiger partial charge in [-0.05, 0) is 87.5 Å². The van der Waals surface area contributed by atoms with E-state index in [-0.39, 0.29) is 41.8 Å². The third-order valence-electron chi connectivity index (χ3n) is 9.67. The molecule has 2 aliphatic rings. The summed E-state index contributed by atoms with van der Waals surface area (Å²) in [7, 11) is 0. The molecule has 1 saturated carbocycles. The number of nitrogens with one attached hydrogen (secondary N) is 2. The number of benzene rings is 2. The van der Waals surface area contributed by atoms with Gasteiger partial charge in [0.25, 0.3) is 0 Å². The Hall–Kier alpha value is -3.88. The van der Waals surface area contributed by atoms with E-state index in [0.29, 0.717) is 23.4 Å². The van der Waals surface area contributed by atoms with Crippen LogP contribution in [0.3, 0.4) is 0 Å². The normalized spacial score (nSPS) is 21.0. The Kier molecular flexibility index (Phi) is 11.6. The van der Waals surface area contributed by atoms with Gasteiger partial charge in [0, 0.05) is 23.9 Å². The number of nitrogens with zero attached hydrogens (tertiary/aromatic N) is 2. The number of likely N-dealkylation sites (tertiary alicyclic amines) is 1. The maximum atomic E-state index is 14.1. The van der Waals surface area contributed by atoms with E-state index in [0.717, 1.165) is 49.7 Å². The number of phenols is 1. The van der Waals surface area contributed by atoms with Crippen LogP contribution in [0.5, 0.6) is 11.5 Å². The molecule has 2 aromatic carbocycles. The molecule has 1 heterocycles. The highest BCUT2D eigenvalue weighted by Crippen LogP contribution is 2.38. The van der Waals surface area contributed by atoms with Crippen molar-refractivity contribution in [2.45, 2.75) is 137 Å². The molecule has 2 aromatic rings. The predicted molar refractivity (Wildman–Crippen MR) is 195 cm³/mol. The summed E-state index contributed by atoms with van der Waals surface area (Å²) < 4.78 is 5.73. The lowest BCUT2D eigenvalue weighted by Crippen LogP contribution is -2.58. The molecule has 49 heavy (non-hydrogen) atoms. The van der Waals surface area contributed by atoms with Crippen molar-refractivity contribution in [3.8, 4) is 11.5 Å². The molecule has 3 N–H and O–H groups in total. The van der Waals surface area contributed by atoms with Gasteiger partial charge in [0.2, 0.25) is 5.91 Å². The molecule has 268 valence electrons. The quantitative estimate of drug-likeness (QED) is 0.158. The van der Waals surface area contributed by atoms with Crippen molar-refractivity contribution in [3.63, 3.8) is 0 Å². The monoisotopic (exact) mass is 674 g/mol. The Balaban J connectivity index is 1.52. The average Bonchev–Trinajstić information content (AvgIpc) is 3.49. The number of aryl methyl sites for hydroxylation is 1. The molecule has 4 rings (SSSR count). The van der Waals surface area contributed by atoms with Crippen LogP contribution in [-0.2, 0) is 15.0 Å². The lowest BCUT2D eigenvalue weighted by Gasteiger charge is -2.37. The molecule has 0 unspecified atom stereocenters. The first kappa shape index (κ1) is 37.9. The van der Waals surface area contributed by atoms with Gasteiger partial charge in [0.1, 0.15) is 17.5 Å². The number of amides is 3. The number of carbonyl (C=O) groups is 3. The topological polar surface area (TPSA) is 120 Å². The standard InChI is InChI=1S/C40H58N4O5/c1-25-16-11-12-17-28(25)32-20-15-21-44(32)35(46)34(39(5,6)7)43-37(48)42-31-19-14-13-18-30(31)41-24-26-22-27(49-36(47)40(8,9)10)23-29(33(26)45)38(2,3)4/h11-12,16-17,22-24,30-32,34,45H,13-15,18-21H2,1-10H3,(H2,42,43,48)/t30-,31-,32-,34-/m1/s1. The molecule has 1 aliphatic heterocycles. The molecule has 9 heteroatoms. The summed E-state index contributed by atoms with van der Waals surface area (Å²) in [6, 6.07) is 9.96. The predicted octanol–water partition coefficient (Wildman–Crippen LogP) is 7.76. The lowest BCUT2D eigenvalue weighted by atomic mass is 9.85. The molecule has 1 saturated heterocycles. The molecule has 0 spiro atoms. The molecular formula is C40H58N4O5. The van der Waals surface area contributed by atoms with Crippen molar-refractivity contribution >= 4 is 24.1 Å². The fraction of sp³-hybridized carbons (Fsp3) is 0.600. The van der Waals surface area contributed by atoms with Crippen LogP contribution in [0, 0.1) is 17.8 Å². The number of esters is 1. The summed E-state index contributed by atoms with van der Waals surface area (Å²) in [5, 5.41) is 17.5. The molecule has 1 aliphatic carbocycles. The van der Waals surface area contributed by atoms with Gasteiger partial charge in [-0.3, -0.25) is 14.6 Å². The lowest BCUT2D eigenvalue weighted by molar-refractivity contribution is -0.143. The summed E-state index contributed by atoms with van der Waals surface area (Å²) in [6.45, 7) is 20.0. The second-order valence-electron chi connectivity index (χ2n) is 17.0. The molecule has 0 bridgehead atoms. The Morgan fingerprint density at radius 3 is 2.27 bits per heavy atom. The highest BCUT2D eigenvalue weighted by Gasteiger charge is 2.41. The van der Waals surface area contributed by atoms with Crippen LogP contribution in [0.25, 0.3) is 0 Å². The SMILES string of the molecule is Cc1ccccc1[C@H]1CCCN1C(=O)[C@@H](NC(=O)N[C@@H]1CCCC[C@H]1N=Cc1cc(OC(=O)C(C)(C)C)cc(C(C)(C)C)c1O)C(C)(C)C. The van der Waals surface area contributed by atoms with Crippen LogP contribution in [0.1, 0.15) is 129 Å². The molecule has 0 radical (unpaired) electrons. The van der Waals surface area contributed by atoms with Crippen molar-refractivity contribution in [2.24, 2.45) is 15.8 Å². The van der Waals surface area contributed by atoms with Gasteiger partial charge < -0.3 is 25.4 Å². The average molecular weight is 675 g/mol. The molecule has 0 aromatic heterocycles. The number of aromatic hydroxyl groups is 1. The Labute approximate surface area is 293 Å². The number of carbonyl (C=O) groups excluding carboxylic acids is 3. The Morgan fingerprint density at radius 2 is 1.63 bits per heavy atom. The number of phenolic OH excluding ortho intramolecular Hbond substituents is 1. The Bertz CT molecular complexity index is 1550. The molecular weight excluding hydrogens is 616 g/mol. The number of aliphatic imine (C=N–C) groups is 1. The molecule has 4 atom stereocenters. The van der Waals surface area contributed by atoms with Crippen molar-refractivity contribution < 1.29 is 24.2 Å².